The number of carbonyl (C=O) groups is 1. The average molecular weight is 613 g/mol. The lowest BCUT2D eigenvalue weighted by Gasteiger charge is -2.12. The highest BCUT2D eigenvalue weighted by Crippen LogP contribution is 2.35. The zero-order chi connectivity index (χ0) is 31.0. The van der Waals surface area contributed by atoms with E-state index in [-0.39, 0.29) is 11.5 Å². The molecule has 0 radical (unpaired) electrons. The fraction of sp³-hybridized carbons (Fsp3) is 0.194. The smallest absolute Gasteiger partial charge is 0.224 e. The molecule has 1 unspecified atom stereocenters. The van der Waals surface area contributed by atoms with Gasteiger partial charge in [-0.15, -0.1) is 0 Å². The summed E-state index contributed by atoms with van der Waals surface area (Å²) in [6.07, 6.45) is 9.71. The summed E-state index contributed by atoms with van der Waals surface area (Å²) in [5.74, 6) is -0.676. The first kappa shape index (κ1) is 29.1. The summed E-state index contributed by atoms with van der Waals surface area (Å²) in [6.45, 7) is 2.03. The number of sulfone groups is 1. The number of amides is 1. The van der Waals surface area contributed by atoms with Crippen LogP contribution in [-0.4, -0.2) is 50.7 Å². The summed E-state index contributed by atoms with van der Waals surface area (Å²) < 4.78 is 38.8. The standard InChI is InChI=1S/C31H29FN8O3S/c1-3-4-5-28(41)36-21-11-19(13-34-14-21)24-6-7-25-29(38-24)30(40-39-25)26-12-22-23(15-35-16-27(22)37-26)17-8-18(10-20(32)9-17)31(33)44(2,42)43/h6-16,31,37H,3-5,33H2,1-2H3,(H,36,41)(H,39,40). The molecule has 1 atom stereocenters. The van der Waals surface area contributed by atoms with Crippen molar-refractivity contribution in [3.8, 4) is 33.8 Å². The van der Waals surface area contributed by atoms with Gasteiger partial charge in [-0.25, -0.2) is 17.8 Å². The van der Waals surface area contributed by atoms with Crippen LogP contribution < -0.4 is 11.1 Å². The van der Waals surface area contributed by atoms with E-state index in [2.05, 4.69) is 30.5 Å². The Hall–Kier alpha value is -5.01. The maximum atomic E-state index is 14.7. The Morgan fingerprint density at radius 1 is 1.02 bits per heavy atom. The first-order chi connectivity index (χ1) is 21.1. The van der Waals surface area contributed by atoms with Gasteiger partial charge in [0.1, 0.15) is 22.4 Å². The van der Waals surface area contributed by atoms with Crippen molar-refractivity contribution in [2.75, 3.05) is 11.6 Å². The van der Waals surface area contributed by atoms with E-state index < -0.39 is 21.0 Å². The summed E-state index contributed by atoms with van der Waals surface area (Å²) in [7, 11) is -3.65. The molecule has 5 N–H and O–H groups in total. The van der Waals surface area contributed by atoms with Crippen LogP contribution in [0.4, 0.5) is 10.1 Å². The predicted octanol–water partition coefficient (Wildman–Crippen LogP) is 5.50. The molecule has 1 aromatic carbocycles. The summed E-state index contributed by atoms with van der Waals surface area (Å²) in [4.78, 5) is 29.0. The van der Waals surface area contributed by atoms with E-state index in [4.69, 9.17) is 10.7 Å². The molecular weight excluding hydrogens is 583 g/mol. The highest BCUT2D eigenvalue weighted by molar-refractivity contribution is 7.90. The molecule has 0 aliphatic carbocycles. The number of aromatic nitrogens is 6. The molecule has 13 heteroatoms. The number of hydrogen-bond acceptors (Lipinski definition) is 8. The van der Waals surface area contributed by atoms with E-state index in [0.29, 0.717) is 56.9 Å². The number of H-pyrrole nitrogens is 2. The fourth-order valence-corrected chi connectivity index (χ4v) is 5.68. The Morgan fingerprint density at radius 2 is 1.84 bits per heavy atom. The third-order valence-electron chi connectivity index (χ3n) is 7.30. The van der Waals surface area contributed by atoms with Gasteiger partial charge < -0.3 is 16.0 Å². The maximum absolute atomic E-state index is 14.7. The van der Waals surface area contributed by atoms with E-state index in [1.165, 1.54) is 6.07 Å². The summed E-state index contributed by atoms with van der Waals surface area (Å²) >= 11 is 0. The molecule has 6 rings (SSSR count). The zero-order valence-electron chi connectivity index (χ0n) is 23.9. The van der Waals surface area contributed by atoms with Gasteiger partial charge in [0.25, 0.3) is 0 Å². The van der Waals surface area contributed by atoms with Gasteiger partial charge in [0.15, 0.2) is 9.84 Å². The van der Waals surface area contributed by atoms with Gasteiger partial charge in [-0.1, -0.05) is 13.3 Å². The van der Waals surface area contributed by atoms with E-state index in [0.717, 1.165) is 36.1 Å². The molecular formula is C31H29FN8O3S. The molecule has 5 aromatic heterocycles. The van der Waals surface area contributed by atoms with Gasteiger partial charge in [0.05, 0.1) is 40.5 Å². The number of anilines is 1. The van der Waals surface area contributed by atoms with Gasteiger partial charge in [-0.2, -0.15) is 5.10 Å². The SMILES string of the molecule is CCCCC(=O)Nc1cncc(-c2ccc3[nH]nc(-c4cc5c(-c6cc(F)cc(C(N)S(C)(=O)=O)c6)cncc5[nH]4)c3n2)c1. The van der Waals surface area contributed by atoms with Crippen molar-refractivity contribution in [2.24, 2.45) is 5.73 Å². The molecule has 5 heterocycles. The van der Waals surface area contributed by atoms with Gasteiger partial charge in [0, 0.05) is 41.6 Å². The zero-order valence-corrected chi connectivity index (χ0v) is 24.7. The minimum atomic E-state index is -3.65. The number of hydrogen-bond donors (Lipinski definition) is 4. The topological polar surface area (TPSA) is 172 Å². The number of nitrogens with one attached hydrogen (secondary N) is 3. The van der Waals surface area contributed by atoms with Crippen LogP contribution in [0.2, 0.25) is 0 Å². The molecule has 1 amide bonds. The maximum Gasteiger partial charge on any atom is 0.224 e. The second-order valence-electron chi connectivity index (χ2n) is 10.6. The van der Waals surface area contributed by atoms with Gasteiger partial charge in [-0.3, -0.25) is 19.9 Å². The molecule has 0 saturated carbocycles. The van der Waals surface area contributed by atoms with Crippen molar-refractivity contribution in [1.29, 1.82) is 0 Å². The third-order valence-corrected chi connectivity index (χ3v) is 8.50. The fourth-order valence-electron chi connectivity index (χ4n) is 5.04. The molecule has 0 aliphatic heterocycles. The van der Waals surface area contributed by atoms with Crippen LogP contribution in [0.15, 0.2) is 67.3 Å². The minimum Gasteiger partial charge on any atom is -0.352 e. The number of carbonyl (C=O) groups excluding carboxylic acids is 1. The van der Waals surface area contributed by atoms with Crippen molar-refractivity contribution >= 4 is 43.4 Å². The summed E-state index contributed by atoms with van der Waals surface area (Å²) in [5.41, 5.74) is 12.2. The average Bonchev–Trinajstić information content (AvgIpc) is 3.62. The van der Waals surface area contributed by atoms with Crippen LogP contribution in [-0.2, 0) is 14.6 Å². The number of aromatic amines is 2. The second-order valence-corrected chi connectivity index (χ2v) is 12.8. The Kier molecular flexibility index (Phi) is 7.66. The lowest BCUT2D eigenvalue weighted by atomic mass is 10.0. The van der Waals surface area contributed by atoms with Crippen molar-refractivity contribution < 1.29 is 17.6 Å². The summed E-state index contributed by atoms with van der Waals surface area (Å²) in [6, 6.07) is 11.4. The van der Waals surface area contributed by atoms with Crippen molar-refractivity contribution in [3.05, 3.63) is 78.6 Å². The van der Waals surface area contributed by atoms with E-state index in [1.54, 1.807) is 30.9 Å². The van der Waals surface area contributed by atoms with E-state index >= 15 is 0 Å². The van der Waals surface area contributed by atoms with Gasteiger partial charge in [0.2, 0.25) is 5.91 Å². The lowest BCUT2D eigenvalue weighted by molar-refractivity contribution is -0.116. The van der Waals surface area contributed by atoms with Crippen molar-refractivity contribution in [1.82, 2.24) is 30.1 Å². The molecule has 0 aliphatic rings. The quantitative estimate of drug-likeness (QED) is 0.166. The molecule has 0 spiro atoms. The van der Waals surface area contributed by atoms with Gasteiger partial charge in [-0.05, 0) is 60.0 Å². The number of pyridine rings is 3. The van der Waals surface area contributed by atoms with Crippen LogP contribution in [0, 0.1) is 5.82 Å². The molecule has 11 nitrogen and oxygen atoms in total. The number of nitrogens with two attached hydrogens (primary N) is 1. The highest BCUT2D eigenvalue weighted by Gasteiger charge is 2.21. The largest absolute Gasteiger partial charge is 0.352 e. The van der Waals surface area contributed by atoms with Crippen molar-refractivity contribution in [3.63, 3.8) is 0 Å². The lowest BCUT2D eigenvalue weighted by Crippen LogP contribution is -2.20. The highest BCUT2D eigenvalue weighted by atomic mass is 32.2. The number of halogens is 1. The van der Waals surface area contributed by atoms with Crippen molar-refractivity contribution in [2.45, 2.75) is 31.6 Å². The number of fused-ring (bicyclic) bond motifs is 2. The number of rotatable bonds is 9. The second kappa shape index (κ2) is 11.6. The van der Waals surface area contributed by atoms with Crippen LogP contribution in [0.25, 0.3) is 55.7 Å². The van der Waals surface area contributed by atoms with Crippen LogP contribution in [0.5, 0.6) is 0 Å². The van der Waals surface area contributed by atoms with E-state index in [9.17, 15) is 17.6 Å². The predicted molar refractivity (Wildman–Crippen MR) is 168 cm³/mol. The minimum absolute atomic E-state index is 0.0632. The molecule has 224 valence electrons. The molecule has 0 saturated heterocycles. The Balaban J connectivity index is 1.38. The Morgan fingerprint density at radius 3 is 2.64 bits per heavy atom. The number of benzene rings is 1. The Bertz CT molecular complexity index is 2140. The van der Waals surface area contributed by atoms with E-state index in [1.807, 2.05) is 31.2 Å². The van der Waals surface area contributed by atoms with Crippen LogP contribution >= 0.6 is 0 Å². The Labute approximate surface area is 252 Å². The number of unbranched alkanes of at least 4 members (excludes halogenated alkanes) is 1. The third kappa shape index (κ3) is 5.79. The monoisotopic (exact) mass is 612 g/mol. The molecule has 44 heavy (non-hydrogen) atoms. The van der Waals surface area contributed by atoms with Gasteiger partial charge >= 0.3 is 0 Å². The molecule has 6 aromatic rings. The normalized spacial score (nSPS) is 12.5. The first-order valence-electron chi connectivity index (χ1n) is 13.9. The van der Waals surface area contributed by atoms with Crippen LogP contribution in [0.3, 0.4) is 0 Å². The summed E-state index contributed by atoms with van der Waals surface area (Å²) in [5, 5.41) is 9.77. The molecule has 0 fully saturated rings. The van der Waals surface area contributed by atoms with Crippen LogP contribution in [0.1, 0.15) is 37.1 Å². The molecule has 0 bridgehead atoms. The first-order valence-corrected chi connectivity index (χ1v) is 15.9. The number of nitrogens with zero attached hydrogens (tertiary/aromatic N) is 4.